The molecule has 2 aliphatic rings. The van der Waals surface area contributed by atoms with Crippen LogP contribution < -0.4 is 10.1 Å². The maximum absolute atomic E-state index is 13.3. The van der Waals surface area contributed by atoms with Gasteiger partial charge in [0.1, 0.15) is 23.1 Å². The topological polar surface area (TPSA) is 71.5 Å². The van der Waals surface area contributed by atoms with Gasteiger partial charge in [-0.15, -0.1) is 11.3 Å². The first kappa shape index (κ1) is 25.3. The van der Waals surface area contributed by atoms with Crippen LogP contribution in [0.1, 0.15) is 62.2 Å². The van der Waals surface area contributed by atoms with Crippen LogP contribution in [0.15, 0.2) is 72.1 Å². The molecule has 1 aliphatic carbocycles. The van der Waals surface area contributed by atoms with Gasteiger partial charge in [-0.1, -0.05) is 53.6 Å². The molecule has 0 bridgehead atoms. The molecule has 1 aliphatic heterocycles. The predicted octanol–water partition coefficient (Wildman–Crippen LogP) is 6.48. The zero-order valence-electron chi connectivity index (χ0n) is 22.1. The molecule has 1 N–H and O–H groups in total. The largest absolute Gasteiger partial charge is 0.486 e. The summed E-state index contributed by atoms with van der Waals surface area (Å²) in [4.78, 5) is 32.4. The highest BCUT2D eigenvalue weighted by Gasteiger charge is 2.39. The quantitative estimate of drug-likeness (QED) is 0.293. The summed E-state index contributed by atoms with van der Waals surface area (Å²) in [7, 11) is 0. The molecule has 4 aromatic rings. The zero-order chi connectivity index (χ0) is 26.9. The molecule has 1 fully saturated rings. The van der Waals surface area contributed by atoms with Gasteiger partial charge in [-0.05, 0) is 74.1 Å². The standard InChI is InChI=1S/C32H31N3O3S/c1-20-3-7-23(8-4-20)30-27-17-26(14-11-22(27)15-16-35(30)32(37)24-9-10-24)38-18-29-34-28(19-39-29)31(36)33-25-12-5-21(2)6-13-25/h3-8,11-14,17,19,24,30H,9-10,15-16,18H2,1-2H3,(H,33,36)/t30-/m1/s1. The van der Waals surface area contributed by atoms with Crippen LogP contribution in [0.4, 0.5) is 5.69 Å². The Labute approximate surface area is 232 Å². The number of anilines is 1. The van der Waals surface area contributed by atoms with Crippen molar-refractivity contribution in [3.8, 4) is 5.75 Å². The van der Waals surface area contributed by atoms with Crippen molar-refractivity contribution in [3.63, 3.8) is 0 Å². The molecule has 1 saturated carbocycles. The van der Waals surface area contributed by atoms with Crippen LogP contribution >= 0.6 is 11.3 Å². The highest BCUT2D eigenvalue weighted by Crippen LogP contribution is 2.41. The zero-order valence-corrected chi connectivity index (χ0v) is 23.0. The van der Waals surface area contributed by atoms with E-state index in [1.165, 1.54) is 22.5 Å². The van der Waals surface area contributed by atoms with E-state index in [1.54, 1.807) is 5.38 Å². The van der Waals surface area contributed by atoms with Crippen LogP contribution in [-0.2, 0) is 17.8 Å². The van der Waals surface area contributed by atoms with Gasteiger partial charge in [-0.2, -0.15) is 0 Å². The predicted molar refractivity (Wildman–Crippen MR) is 153 cm³/mol. The Morgan fingerprint density at radius 3 is 2.44 bits per heavy atom. The molecule has 0 saturated heterocycles. The molecule has 2 amide bonds. The van der Waals surface area contributed by atoms with Crippen molar-refractivity contribution in [2.24, 2.45) is 5.92 Å². The maximum atomic E-state index is 13.3. The van der Waals surface area contributed by atoms with Crippen molar-refractivity contribution in [3.05, 3.63) is 111 Å². The number of benzene rings is 3. The number of nitrogens with zero attached hydrogens (tertiary/aromatic N) is 2. The Bertz CT molecular complexity index is 1510. The first-order valence-electron chi connectivity index (χ1n) is 13.4. The van der Waals surface area contributed by atoms with Crippen molar-refractivity contribution in [1.82, 2.24) is 9.88 Å². The van der Waals surface area contributed by atoms with E-state index < -0.39 is 0 Å². The van der Waals surface area contributed by atoms with E-state index in [-0.39, 0.29) is 30.4 Å². The highest BCUT2D eigenvalue weighted by molar-refractivity contribution is 7.09. The van der Waals surface area contributed by atoms with E-state index in [1.807, 2.05) is 37.3 Å². The van der Waals surface area contributed by atoms with Crippen LogP contribution in [0, 0.1) is 19.8 Å². The molecule has 6 rings (SSSR count). The Balaban J connectivity index is 1.19. The summed E-state index contributed by atoms with van der Waals surface area (Å²) in [6.07, 6.45) is 2.82. The van der Waals surface area contributed by atoms with Crippen molar-refractivity contribution in [1.29, 1.82) is 0 Å². The fourth-order valence-corrected chi connectivity index (χ4v) is 5.74. The third-order valence-corrected chi connectivity index (χ3v) is 8.23. The normalized spacial score (nSPS) is 16.5. The molecular weight excluding hydrogens is 506 g/mol. The maximum Gasteiger partial charge on any atom is 0.275 e. The fraction of sp³-hybridized carbons (Fsp3) is 0.281. The van der Waals surface area contributed by atoms with Crippen LogP contribution in [0.5, 0.6) is 5.75 Å². The molecule has 198 valence electrons. The molecule has 7 heteroatoms. The number of carbonyl (C=O) groups excluding carboxylic acids is 2. The van der Waals surface area contributed by atoms with E-state index in [9.17, 15) is 9.59 Å². The van der Waals surface area contributed by atoms with Crippen molar-refractivity contribution >= 4 is 28.8 Å². The van der Waals surface area contributed by atoms with Gasteiger partial charge >= 0.3 is 0 Å². The molecular formula is C32H31N3O3S. The van der Waals surface area contributed by atoms with Crippen LogP contribution in [0.25, 0.3) is 0 Å². The van der Waals surface area contributed by atoms with Gasteiger partial charge in [0, 0.05) is 23.5 Å². The van der Waals surface area contributed by atoms with Gasteiger partial charge in [-0.25, -0.2) is 4.98 Å². The minimum absolute atomic E-state index is 0.122. The Kier molecular flexibility index (Phi) is 6.92. The lowest BCUT2D eigenvalue weighted by atomic mass is 9.87. The lowest BCUT2D eigenvalue weighted by Crippen LogP contribution is -2.41. The van der Waals surface area contributed by atoms with Gasteiger partial charge in [0.05, 0.1) is 6.04 Å². The number of aryl methyl sites for hydroxylation is 2. The third-order valence-electron chi connectivity index (χ3n) is 7.40. The number of aromatic nitrogens is 1. The lowest BCUT2D eigenvalue weighted by molar-refractivity contribution is -0.134. The van der Waals surface area contributed by atoms with E-state index in [0.29, 0.717) is 5.69 Å². The Morgan fingerprint density at radius 2 is 1.72 bits per heavy atom. The molecule has 0 radical (unpaired) electrons. The summed E-state index contributed by atoms with van der Waals surface area (Å²) in [5.74, 6) is 0.918. The number of thiazole rings is 1. The fourth-order valence-electron chi connectivity index (χ4n) is 5.05. The van der Waals surface area contributed by atoms with Crippen molar-refractivity contribution in [2.45, 2.75) is 45.8 Å². The van der Waals surface area contributed by atoms with Gasteiger partial charge in [0.15, 0.2) is 0 Å². The molecule has 0 unspecified atom stereocenters. The van der Waals surface area contributed by atoms with Gasteiger partial charge in [0.2, 0.25) is 5.91 Å². The van der Waals surface area contributed by atoms with Crippen LogP contribution in [0.2, 0.25) is 0 Å². The average Bonchev–Trinajstić information content (AvgIpc) is 3.69. The molecule has 1 atom stereocenters. The van der Waals surface area contributed by atoms with E-state index in [4.69, 9.17) is 4.74 Å². The highest BCUT2D eigenvalue weighted by atomic mass is 32.1. The van der Waals surface area contributed by atoms with E-state index in [2.05, 4.69) is 58.5 Å². The first-order chi connectivity index (χ1) is 18.9. The van der Waals surface area contributed by atoms with Gasteiger partial charge < -0.3 is 15.0 Å². The van der Waals surface area contributed by atoms with Crippen LogP contribution in [-0.4, -0.2) is 28.2 Å². The number of hydrogen-bond acceptors (Lipinski definition) is 5. The first-order valence-corrected chi connectivity index (χ1v) is 14.3. The number of hydrogen-bond donors (Lipinski definition) is 1. The van der Waals surface area contributed by atoms with Gasteiger partial charge in [0.25, 0.3) is 5.91 Å². The number of rotatable bonds is 7. The van der Waals surface area contributed by atoms with E-state index >= 15 is 0 Å². The minimum Gasteiger partial charge on any atom is -0.486 e. The summed E-state index contributed by atoms with van der Waals surface area (Å²) in [5.41, 5.74) is 6.93. The second kappa shape index (κ2) is 10.7. The lowest BCUT2D eigenvalue weighted by Gasteiger charge is -2.38. The summed E-state index contributed by atoms with van der Waals surface area (Å²) < 4.78 is 6.15. The molecule has 3 aromatic carbocycles. The minimum atomic E-state index is -0.239. The van der Waals surface area contributed by atoms with E-state index in [0.717, 1.165) is 58.9 Å². The monoisotopic (exact) mass is 537 g/mol. The van der Waals surface area contributed by atoms with Crippen molar-refractivity contribution < 1.29 is 14.3 Å². The Hall–Kier alpha value is -3.97. The summed E-state index contributed by atoms with van der Waals surface area (Å²) >= 11 is 1.40. The SMILES string of the molecule is Cc1ccc(NC(=O)c2csc(COc3ccc4c(c3)[C@@H](c3ccc(C)cc3)N(C(=O)C3CC3)CC4)n2)cc1. The second-order valence-corrected chi connectivity index (χ2v) is 11.4. The molecule has 39 heavy (non-hydrogen) atoms. The van der Waals surface area contributed by atoms with Crippen LogP contribution in [0.3, 0.4) is 0 Å². The number of carbonyl (C=O) groups is 2. The molecule has 6 nitrogen and oxygen atoms in total. The number of nitrogens with one attached hydrogen (secondary N) is 1. The Morgan fingerprint density at radius 1 is 1.00 bits per heavy atom. The summed E-state index contributed by atoms with van der Waals surface area (Å²) in [6.45, 7) is 5.08. The molecule has 2 heterocycles. The average molecular weight is 538 g/mol. The number of amides is 2. The van der Waals surface area contributed by atoms with Gasteiger partial charge in [-0.3, -0.25) is 9.59 Å². The smallest absolute Gasteiger partial charge is 0.275 e. The molecule has 1 aromatic heterocycles. The molecule has 0 spiro atoms. The third kappa shape index (κ3) is 5.59. The van der Waals surface area contributed by atoms with Crippen molar-refractivity contribution in [2.75, 3.05) is 11.9 Å². The second-order valence-electron chi connectivity index (χ2n) is 10.5. The summed E-state index contributed by atoms with van der Waals surface area (Å²) in [5, 5.41) is 5.37. The number of ether oxygens (including phenoxy) is 1. The summed E-state index contributed by atoms with van der Waals surface area (Å²) in [6, 6.07) is 22.2. The number of fused-ring (bicyclic) bond motifs is 1.